The summed E-state index contributed by atoms with van der Waals surface area (Å²) >= 11 is 9.73. The van der Waals surface area contributed by atoms with Crippen LogP contribution in [0.3, 0.4) is 0 Å². The molecule has 0 atom stereocenters. The fourth-order valence-corrected chi connectivity index (χ4v) is 2.40. The molecule has 0 amide bonds. The Balaban J connectivity index is 2.66. The molecule has 1 N–H and O–H groups in total. The minimum atomic E-state index is -1.01. The van der Waals surface area contributed by atoms with Crippen LogP contribution in [0.1, 0.15) is 17.0 Å². The molecule has 0 bridgehead atoms. The Morgan fingerprint density at radius 1 is 1.45 bits per heavy atom. The third kappa shape index (κ3) is 2.78. The molecule has 0 aliphatic carbocycles. The van der Waals surface area contributed by atoms with Crippen molar-refractivity contribution in [2.75, 3.05) is 0 Å². The Labute approximate surface area is 129 Å². The summed E-state index contributed by atoms with van der Waals surface area (Å²) in [5, 5.41) is 13.7. The normalized spacial score (nSPS) is 11.2. The maximum atomic E-state index is 10.7. The molecule has 1 aromatic carbocycles. The van der Waals surface area contributed by atoms with Gasteiger partial charge < -0.3 is 5.11 Å². The molecule has 0 unspecified atom stereocenters. The lowest BCUT2D eigenvalue weighted by Gasteiger charge is -2.10. The highest BCUT2D eigenvalue weighted by Gasteiger charge is 2.15. The van der Waals surface area contributed by atoms with Crippen molar-refractivity contribution in [1.82, 2.24) is 9.78 Å². The summed E-state index contributed by atoms with van der Waals surface area (Å²) in [6.07, 6.45) is 2.59. The lowest BCUT2D eigenvalue weighted by Crippen LogP contribution is -2.03. The lowest BCUT2D eigenvalue weighted by atomic mass is 10.1. The number of benzene rings is 1. The Morgan fingerprint density at radius 2 is 2.15 bits per heavy atom. The van der Waals surface area contributed by atoms with E-state index >= 15 is 0 Å². The number of rotatable bonds is 3. The van der Waals surface area contributed by atoms with Crippen LogP contribution in [0, 0.1) is 13.8 Å². The number of carboxylic acids is 1. The first kappa shape index (κ1) is 14.8. The van der Waals surface area contributed by atoms with E-state index in [-0.39, 0.29) is 0 Å². The number of hydrogen-bond acceptors (Lipinski definition) is 2. The largest absolute Gasteiger partial charge is 0.478 e. The molecule has 1 aromatic heterocycles. The minimum Gasteiger partial charge on any atom is -0.478 e. The second kappa shape index (κ2) is 5.81. The summed E-state index contributed by atoms with van der Waals surface area (Å²) in [5.41, 5.74) is 3.10. The number of aliphatic carboxylic acids is 1. The van der Waals surface area contributed by atoms with E-state index in [1.54, 1.807) is 22.9 Å². The van der Waals surface area contributed by atoms with Gasteiger partial charge in [-0.05, 0) is 41.9 Å². The second-order valence-corrected chi connectivity index (χ2v) is 5.45. The van der Waals surface area contributed by atoms with Crippen LogP contribution in [0.5, 0.6) is 0 Å². The van der Waals surface area contributed by atoms with Crippen molar-refractivity contribution >= 4 is 39.6 Å². The smallest absolute Gasteiger partial charge is 0.328 e. The molecule has 4 nitrogen and oxygen atoms in total. The zero-order valence-electron chi connectivity index (χ0n) is 10.9. The van der Waals surface area contributed by atoms with Crippen LogP contribution in [0.2, 0.25) is 5.02 Å². The molecule has 0 saturated heterocycles. The van der Waals surface area contributed by atoms with Crippen molar-refractivity contribution < 1.29 is 9.90 Å². The molecule has 2 aromatic rings. The van der Waals surface area contributed by atoms with Gasteiger partial charge in [0.05, 0.1) is 26.6 Å². The Kier molecular flexibility index (Phi) is 4.30. The van der Waals surface area contributed by atoms with Crippen LogP contribution >= 0.6 is 27.5 Å². The lowest BCUT2D eigenvalue weighted by molar-refractivity contribution is -0.131. The summed E-state index contributed by atoms with van der Waals surface area (Å²) in [6.45, 7) is 3.80. The van der Waals surface area contributed by atoms with Gasteiger partial charge >= 0.3 is 5.97 Å². The fourth-order valence-electron chi connectivity index (χ4n) is 1.89. The molecule has 0 spiro atoms. The third-order valence-electron chi connectivity index (χ3n) is 2.84. The van der Waals surface area contributed by atoms with E-state index in [0.29, 0.717) is 16.3 Å². The predicted octanol–water partition coefficient (Wildman–Crippen LogP) is 4.00. The van der Waals surface area contributed by atoms with Crippen LogP contribution in [0.25, 0.3) is 11.8 Å². The number of hydrogen-bond donors (Lipinski definition) is 1. The van der Waals surface area contributed by atoms with E-state index in [9.17, 15) is 4.79 Å². The Bertz CT molecular complexity index is 707. The highest BCUT2D eigenvalue weighted by molar-refractivity contribution is 9.10. The SMILES string of the molecule is Cc1nn(-c2c(Cl)cccc2/C=C/C(=O)O)c(C)c1Br. The van der Waals surface area contributed by atoms with Gasteiger partial charge in [-0.3, -0.25) is 0 Å². The summed E-state index contributed by atoms with van der Waals surface area (Å²) in [7, 11) is 0. The summed E-state index contributed by atoms with van der Waals surface area (Å²) in [5.74, 6) is -1.01. The molecule has 0 aliphatic rings. The maximum Gasteiger partial charge on any atom is 0.328 e. The summed E-state index contributed by atoms with van der Waals surface area (Å²) < 4.78 is 2.62. The molecular weight excluding hydrogens is 344 g/mol. The van der Waals surface area contributed by atoms with Gasteiger partial charge in [-0.15, -0.1) is 0 Å². The van der Waals surface area contributed by atoms with Gasteiger partial charge in [-0.1, -0.05) is 23.7 Å². The van der Waals surface area contributed by atoms with Crippen molar-refractivity contribution in [1.29, 1.82) is 0 Å². The Morgan fingerprint density at radius 3 is 2.70 bits per heavy atom. The van der Waals surface area contributed by atoms with Crippen LogP contribution in [-0.2, 0) is 4.79 Å². The third-order valence-corrected chi connectivity index (χ3v) is 4.29. The van der Waals surface area contributed by atoms with Crippen molar-refractivity contribution in [3.8, 4) is 5.69 Å². The van der Waals surface area contributed by atoms with E-state index in [0.717, 1.165) is 21.9 Å². The molecule has 104 valence electrons. The molecule has 2 rings (SSSR count). The predicted molar refractivity (Wildman–Crippen MR) is 82.4 cm³/mol. The highest BCUT2D eigenvalue weighted by Crippen LogP contribution is 2.30. The first-order chi connectivity index (χ1) is 9.41. The molecule has 0 saturated carbocycles. The number of nitrogens with zero attached hydrogens (tertiary/aromatic N) is 2. The van der Waals surface area contributed by atoms with Crippen LogP contribution in [-0.4, -0.2) is 20.9 Å². The van der Waals surface area contributed by atoms with E-state index in [4.69, 9.17) is 16.7 Å². The maximum absolute atomic E-state index is 10.7. The average Bonchev–Trinajstić information content (AvgIpc) is 2.64. The van der Waals surface area contributed by atoms with E-state index in [1.807, 2.05) is 13.8 Å². The topological polar surface area (TPSA) is 55.1 Å². The van der Waals surface area contributed by atoms with Crippen molar-refractivity contribution in [3.63, 3.8) is 0 Å². The molecule has 6 heteroatoms. The van der Waals surface area contributed by atoms with Gasteiger partial charge in [0.2, 0.25) is 0 Å². The van der Waals surface area contributed by atoms with Crippen molar-refractivity contribution in [2.24, 2.45) is 0 Å². The van der Waals surface area contributed by atoms with Crippen molar-refractivity contribution in [3.05, 3.63) is 50.7 Å². The quantitative estimate of drug-likeness (QED) is 0.847. The molecule has 1 heterocycles. The first-order valence-electron chi connectivity index (χ1n) is 5.83. The number of aryl methyl sites for hydroxylation is 1. The number of aromatic nitrogens is 2. The van der Waals surface area contributed by atoms with Gasteiger partial charge in [0.15, 0.2) is 0 Å². The van der Waals surface area contributed by atoms with Crippen LogP contribution in [0.15, 0.2) is 28.7 Å². The van der Waals surface area contributed by atoms with Crippen LogP contribution < -0.4 is 0 Å². The summed E-state index contributed by atoms with van der Waals surface area (Å²) in [6, 6.07) is 5.32. The first-order valence-corrected chi connectivity index (χ1v) is 7.00. The zero-order chi connectivity index (χ0) is 14.9. The monoisotopic (exact) mass is 354 g/mol. The van der Waals surface area contributed by atoms with E-state index < -0.39 is 5.97 Å². The molecular formula is C14H12BrClN2O2. The zero-order valence-corrected chi connectivity index (χ0v) is 13.2. The second-order valence-electron chi connectivity index (χ2n) is 4.25. The van der Waals surface area contributed by atoms with Gasteiger partial charge in [-0.25, -0.2) is 9.48 Å². The van der Waals surface area contributed by atoms with Gasteiger partial charge in [0.25, 0.3) is 0 Å². The van der Waals surface area contributed by atoms with Gasteiger partial charge in [-0.2, -0.15) is 5.10 Å². The standard InChI is InChI=1S/C14H12BrClN2O2/c1-8-13(15)9(2)18(17-8)14-10(6-7-12(19)20)4-3-5-11(14)16/h3-7H,1-2H3,(H,19,20)/b7-6+. The molecule has 20 heavy (non-hydrogen) atoms. The van der Waals surface area contributed by atoms with Crippen LogP contribution in [0.4, 0.5) is 0 Å². The number of para-hydroxylation sites is 1. The molecule has 0 aliphatic heterocycles. The number of carboxylic acid groups (broad SMARTS) is 1. The highest BCUT2D eigenvalue weighted by atomic mass is 79.9. The average molecular weight is 356 g/mol. The van der Waals surface area contributed by atoms with Crippen molar-refractivity contribution in [2.45, 2.75) is 13.8 Å². The Hall–Kier alpha value is -1.59. The van der Waals surface area contributed by atoms with E-state index in [1.165, 1.54) is 6.08 Å². The number of halogens is 2. The van der Waals surface area contributed by atoms with Gasteiger partial charge in [0.1, 0.15) is 0 Å². The van der Waals surface area contributed by atoms with E-state index in [2.05, 4.69) is 21.0 Å². The number of carbonyl (C=O) groups is 1. The molecule has 0 radical (unpaired) electrons. The summed E-state index contributed by atoms with van der Waals surface area (Å²) in [4.78, 5) is 10.7. The molecule has 0 fully saturated rings. The minimum absolute atomic E-state index is 0.510. The van der Waals surface area contributed by atoms with Gasteiger partial charge in [0, 0.05) is 11.6 Å². The fraction of sp³-hybridized carbons (Fsp3) is 0.143.